The molecule has 0 amide bonds. The predicted molar refractivity (Wildman–Crippen MR) is 62.0 cm³/mol. The molecule has 5 nitrogen and oxygen atoms in total. The minimum atomic E-state index is -0.747. The highest BCUT2D eigenvalue weighted by Crippen LogP contribution is 2.13. The third kappa shape index (κ3) is 4.05. The van der Waals surface area contributed by atoms with Gasteiger partial charge >= 0.3 is 5.97 Å². The summed E-state index contributed by atoms with van der Waals surface area (Å²) < 4.78 is 9.86. The summed E-state index contributed by atoms with van der Waals surface area (Å²) in [7, 11) is 1.59. The van der Waals surface area contributed by atoms with Gasteiger partial charge in [-0.15, -0.1) is 0 Å². The Morgan fingerprint density at radius 1 is 1.41 bits per heavy atom. The van der Waals surface area contributed by atoms with Crippen LogP contribution in [0.15, 0.2) is 24.3 Å². The molecule has 17 heavy (non-hydrogen) atoms. The molecule has 0 fully saturated rings. The average Bonchev–Trinajstić information content (AvgIpc) is 2.37. The van der Waals surface area contributed by atoms with Crippen molar-refractivity contribution in [3.8, 4) is 5.75 Å². The molecule has 1 aromatic rings. The first-order chi connectivity index (χ1) is 8.21. The maximum absolute atomic E-state index is 11.4. The molecular formula is C12H17NO4. The number of benzene rings is 1. The summed E-state index contributed by atoms with van der Waals surface area (Å²) in [5.74, 6) is 0.282. The SMILES string of the molecule is CCOC(=O)C(Cc1ccc(OC)cc1)NO. The summed E-state index contributed by atoms with van der Waals surface area (Å²) in [6, 6.07) is 6.53. The number of hydrogen-bond acceptors (Lipinski definition) is 5. The van der Waals surface area contributed by atoms with Crippen LogP contribution in [-0.2, 0) is 16.0 Å². The molecule has 1 aromatic carbocycles. The van der Waals surface area contributed by atoms with Gasteiger partial charge in [0.1, 0.15) is 11.8 Å². The lowest BCUT2D eigenvalue weighted by atomic mass is 10.1. The fraction of sp³-hybridized carbons (Fsp3) is 0.417. The van der Waals surface area contributed by atoms with E-state index in [1.807, 2.05) is 17.6 Å². The fourth-order valence-electron chi connectivity index (χ4n) is 1.42. The van der Waals surface area contributed by atoms with E-state index in [0.29, 0.717) is 13.0 Å². The van der Waals surface area contributed by atoms with E-state index in [2.05, 4.69) is 0 Å². The Morgan fingerprint density at radius 3 is 2.53 bits per heavy atom. The smallest absolute Gasteiger partial charge is 0.325 e. The van der Waals surface area contributed by atoms with Gasteiger partial charge in [-0.3, -0.25) is 4.79 Å². The molecule has 0 bridgehead atoms. The van der Waals surface area contributed by atoms with Crippen LogP contribution in [0.2, 0.25) is 0 Å². The molecule has 2 N–H and O–H groups in total. The van der Waals surface area contributed by atoms with Gasteiger partial charge in [0.25, 0.3) is 0 Å². The second kappa shape index (κ2) is 6.88. The Bertz CT molecular complexity index is 350. The number of rotatable bonds is 6. The number of nitrogens with one attached hydrogen (secondary N) is 1. The number of esters is 1. The van der Waals surface area contributed by atoms with Crippen molar-refractivity contribution in [1.29, 1.82) is 0 Å². The zero-order chi connectivity index (χ0) is 12.7. The second-order valence-electron chi connectivity index (χ2n) is 3.49. The molecule has 1 atom stereocenters. The Labute approximate surface area is 100 Å². The van der Waals surface area contributed by atoms with Gasteiger partial charge < -0.3 is 14.7 Å². The summed E-state index contributed by atoms with van der Waals surface area (Å²) in [6.07, 6.45) is 0.360. The zero-order valence-electron chi connectivity index (χ0n) is 9.97. The predicted octanol–water partition coefficient (Wildman–Crippen LogP) is 1.15. The Hall–Kier alpha value is -1.59. The lowest BCUT2D eigenvalue weighted by Gasteiger charge is -2.13. The van der Waals surface area contributed by atoms with E-state index < -0.39 is 12.0 Å². The number of carbonyl (C=O) groups is 1. The Morgan fingerprint density at radius 2 is 2.06 bits per heavy atom. The molecule has 1 rings (SSSR count). The molecule has 0 saturated heterocycles. The lowest BCUT2D eigenvalue weighted by molar-refractivity contribution is -0.148. The van der Waals surface area contributed by atoms with Crippen molar-refractivity contribution in [3.05, 3.63) is 29.8 Å². The van der Waals surface area contributed by atoms with E-state index in [0.717, 1.165) is 11.3 Å². The highest BCUT2D eigenvalue weighted by molar-refractivity contribution is 5.76. The second-order valence-corrected chi connectivity index (χ2v) is 3.49. The molecule has 0 spiro atoms. The topological polar surface area (TPSA) is 67.8 Å². The molecule has 0 aliphatic rings. The van der Waals surface area contributed by atoms with Crippen LogP contribution >= 0.6 is 0 Å². The maximum Gasteiger partial charge on any atom is 0.325 e. The fourth-order valence-corrected chi connectivity index (χ4v) is 1.42. The van der Waals surface area contributed by atoms with Crippen LogP contribution in [0.5, 0.6) is 5.75 Å². The van der Waals surface area contributed by atoms with Crippen molar-refractivity contribution in [2.24, 2.45) is 0 Å². The third-order valence-electron chi connectivity index (χ3n) is 2.33. The number of ether oxygens (including phenoxy) is 2. The summed E-state index contributed by atoms with van der Waals surface area (Å²) in [5.41, 5.74) is 2.87. The highest BCUT2D eigenvalue weighted by atomic mass is 16.5. The van der Waals surface area contributed by atoms with Crippen molar-refractivity contribution < 1.29 is 19.5 Å². The number of methoxy groups -OCH3 is 1. The van der Waals surface area contributed by atoms with Gasteiger partial charge in [0.15, 0.2) is 0 Å². The molecule has 0 aliphatic heterocycles. The molecule has 94 valence electrons. The minimum absolute atomic E-state index is 0.291. The van der Waals surface area contributed by atoms with E-state index in [9.17, 15) is 4.79 Å². The molecule has 0 saturated carbocycles. The van der Waals surface area contributed by atoms with E-state index in [-0.39, 0.29) is 0 Å². The normalized spacial score (nSPS) is 11.9. The van der Waals surface area contributed by atoms with Crippen LogP contribution in [0.4, 0.5) is 0 Å². The molecule has 0 aliphatic carbocycles. The van der Waals surface area contributed by atoms with Crippen molar-refractivity contribution in [2.45, 2.75) is 19.4 Å². The van der Waals surface area contributed by atoms with Crippen LogP contribution in [-0.4, -0.2) is 30.9 Å². The summed E-state index contributed by atoms with van der Waals surface area (Å²) in [5, 5.41) is 8.91. The third-order valence-corrected chi connectivity index (χ3v) is 2.33. The monoisotopic (exact) mass is 239 g/mol. The van der Waals surface area contributed by atoms with Gasteiger partial charge in [-0.05, 0) is 24.6 Å². The summed E-state index contributed by atoms with van der Waals surface area (Å²) in [6.45, 7) is 2.01. The Kier molecular flexibility index (Phi) is 5.45. The van der Waals surface area contributed by atoms with Crippen LogP contribution < -0.4 is 10.2 Å². The van der Waals surface area contributed by atoms with E-state index in [4.69, 9.17) is 14.7 Å². The first-order valence-electron chi connectivity index (χ1n) is 5.40. The molecule has 1 unspecified atom stereocenters. The van der Waals surface area contributed by atoms with Crippen molar-refractivity contribution >= 4 is 5.97 Å². The average molecular weight is 239 g/mol. The lowest BCUT2D eigenvalue weighted by Crippen LogP contribution is -2.37. The number of hydrogen-bond donors (Lipinski definition) is 2. The maximum atomic E-state index is 11.4. The van der Waals surface area contributed by atoms with Crippen molar-refractivity contribution in [1.82, 2.24) is 5.48 Å². The molecular weight excluding hydrogens is 222 g/mol. The van der Waals surface area contributed by atoms with Crippen LogP contribution in [0.25, 0.3) is 0 Å². The van der Waals surface area contributed by atoms with Crippen molar-refractivity contribution in [2.75, 3.05) is 13.7 Å². The van der Waals surface area contributed by atoms with Gasteiger partial charge in [0, 0.05) is 6.42 Å². The first kappa shape index (κ1) is 13.5. The van der Waals surface area contributed by atoms with Gasteiger partial charge in [0.2, 0.25) is 0 Å². The molecule has 0 heterocycles. The Balaban J connectivity index is 2.63. The molecule has 5 heteroatoms. The van der Waals surface area contributed by atoms with E-state index in [1.54, 1.807) is 26.2 Å². The van der Waals surface area contributed by atoms with Gasteiger partial charge in [-0.1, -0.05) is 12.1 Å². The standard InChI is InChI=1S/C12H17NO4/c1-3-17-12(14)11(13-15)8-9-4-6-10(16-2)7-5-9/h4-7,11,13,15H,3,8H2,1-2H3. The van der Waals surface area contributed by atoms with Crippen LogP contribution in [0.3, 0.4) is 0 Å². The van der Waals surface area contributed by atoms with E-state index >= 15 is 0 Å². The van der Waals surface area contributed by atoms with Gasteiger partial charge in [-0.25, -0.2) is 0 Å². The minimum Gasteiger partial charge on any atom is -0.497 e. The van der Waals surface area contributed by atoms with Gasteiger partial charge in [-0.2, -0.15) is 5.48 Å². The zero-order valence-corrected chi connectivity index (χ0v) is 9.97. The molecule has 0 aromatic heterocycles. The van der Waals surface area contributed by atoms with Gasteiger partial charge in [0.05, 0.1) is 13.7 Å². The number of carbonyl (C=O) groups excluding carboxylic acids is 1. The van der Waals surface area contributed by atoms with Crippen molar-refractivity contribution in [3.63, 3.8) is 0 Å². The first-order valence-corrected chi connectivity index (χ1v) is 5.40. The largest absolute Gasteiger partial charge is 0.497 e. The van der Waals surface area contributed by atoms with Crippen LogP contribution in [0.1, 0.15) is 12.5 Å². The number of hydroxylamine groups is 1. The summed E-state index contributed by atoms with van der Waals surface area (Å²) in [4.78, 5) is 11.4. The van der Waals surface area contributed by atoms with Crippen LogP contribution in [0, 0.1) is 0 Å². The quantitative estimate of drug-likeness (QED) is 0.575. The molecule has 0 radical (unpaired) electrons. The van der Waals surface area contributed by atoms with E-state index in [1.165, 1.54) is 0 Å². The highest BCUT2D eigenvalue weighted by Gasteiger charge is 2.18. The summed E-state index contributed by atoms with van der Waals surface area (Å²) >= 11 is 0.